The largest absolute Gasteiger partial charge is 0.383 e. The molecule has 6 N–H and O–H groups in total. The summed E-state index contributed by atoms with van der Waals surface area (Å²) in [4.78, 5) is 50.6. The average molecular weight is 1290 g/mol. The van der Waals surface area contributed by atoms with Crippen LogP contribution in [0.1, 0.15) is 73.1 Å². The summed E-state index contributed by atoms with van der Waals surface area (Å²) in [5, 5.41) is 44.4. The second-order valence-corrected chi connectivity index (χ2v) is 21.6. The van der Waals surface area contributed by atoms with E-state index in [2.05, 4.69) is 60.2 Å². The van der Waals surface area contributed by atoms with Crippen LogP contribution in [0.4, 0.5) is 43.8 Å². The number of anilines is 3. The zero-order valence-corrected chi connectivity index (χ0v) is 50.0. The number of nitrogens with zero attached hydrogens (tertiary/aromatic N) is 21. The van der Waals surface area contributed by atoms with E-state index in [1.165, 1.54) is 106 Å². The van der Waals surface area contributed by atoms with Crippen LogP contribution in [0.5, 0.6) is 0 Å². The Balaban J connectivity index is 0.000000130. The molecular formula is C66H42F6N24. The molecule has 0 saturated heterocycles. The molecule has 0 fully saturated rings. The van der Waals surface area contributed by atoms with Crippen LogP contribution in [0.3, 0.4) is 0 Å². The van der Waals surface area contributed by atoms with E-state index in [9.17, 15) is 42.1 Å². The van der Waals surface area contributed by atoms with Gasteiger partial charge in [0.25, 0.3) is 0 Å². The van der Waals surface area contributed by atoms with Crippen molar-refractivity contribution in [3.8, 4) is 51.6 Å². The molecule has 12 aromatic heterocycles. The Morgan fingerprint density at radius 1 is 0.365 bits per heavy atom. The van der Waals surface area contributed by atoms with E-state index in [1.807, 2.05) is 39.0 Å². The quantitative estimate of drug-likeness (QED) is 0.113. The number of fused-ring (bicyclic) bond motifs is 6. The second-order valence-electron chi connectivity index (χ2n) is 21.6. The van der Waals surface area contributed by atoms with E-state index in [-0.39, 0.29) is 34.5 Å². The van der Waals surface area contributed by atoms with E-state index in [4.69, 9.17) is 32.2 Å². The maximum atomic E-state index is 14.0. The Morgan fingerprint density at radius 3 is 0.906 bits per heavy atom. The molecule has 0 radical (unpaired) electrons. The van der Waals surface area contributed by atoms with Crippen molar-refractivity contribution in [2.75, 3.05) is 17.2 Å². The van der Waals surface area contributed by atoms with E-state index < -0.39 is 53.0 Å². The van der Waals surface area contributed by atoms with Crippen LogP contribution in [0.15, 0.2) is 147 Å². The van der Waals surface area contributed by atoms with Gasteiger partial charge in [0.15, 0.2) is 34.0 Å². The number of nitriles is 3. The van der Waals surface area contributed by atoms with E-state index >= 15 is 0 Å². The zero-order chi connectivity index (χ0) is 67.2. The summed E-state index contributed by atoms with van der Waals surface area (Å²) in [5.74, 6) is -2.36. The highest BCUT2D eigenvalue weighted by Crippen LogP contribution is 2.38. The molecule has 12 heterocycles. The Morgan fingerprint density at radius 2 is 0.646 bits per heavy atom. The molecule has 0 spiro atoms. The van der Waals surface area contributed by atoms with Gasteiger partial charge in [-0.1, -0.05) is 0 Å². The molecule has 1 unspecified atom stereocenters. The fourth-order valence-electron chi connectivity index (χ4n) is 11.2. The molecule has 15 aromatic rings. The van der Waals surface area contributed by atoms with Gasteiger partial charge in [0.1, 0.15) is 89.5 Å². The summed E-state index contributed by atoms with van der Waals surface area (Å²) >= 11 is 0. The molecule has 0 aliphatic heterocycles. The summed E-state index contributed by atoms with van der Waals surface area (Å²) < 4.78 is 88.0. The molecule has 96 heavy (non-hydrogen) atoms. The molecule has 15 rings (SSSR count). The Kier molecular flexibility index (Phi) is 15.9. The first kappa shape index (κ1) is 61.3. The third-order valence-corrected chi connectivity index (χ3v) is 15.6. The first-order valence-corrected chi connectivity index (χ1v) is 28.7. The molecule has 0 aliphatic rings. The second kappa shape index (κ2) is 24.9. The molecule has 0 bridgehead atoms. The lowest BCUT2D eigenvalue weighted by Crippen LogP contribution is -2.13. The number of hydrogen-bond acceptors (Lipinski definition) is 21. The van der Waals surface area contributed by atoms with Crippen LogP contribution in [-0.4, -0.2) is 89.1 Å². The van der Waals surface area contributed by atoms with Crippen molar-refractivity contribution in [1.82, 2.24) is 89.1 Å². The van der Waals surface area contributed by atoms with Gasteiger partial charge in [-0.05, 0) is 112 Å². The van der Waals surface area contributed by atoms with Crippen LogP contribution in [0.2, 0.25) is 0 Å². The van der Waals surface area contributed by atoms with Crippen LogP contribution in [-0.2, 0) is 0 Å². The van der Waals surface area contributed by atoms with Crippen molar-refractivity contribution in [3.63, 3.8) is 0 Å². The fraction of sp³-hybridized carbons (Fsp3) is 0.0909. The predicted molar refractivity (Wildman–Crippen MR) is 339 cm³/mol. The minimum atomic E-state index is -0.540. The number of nitrogen functional groups attached to an aromatic ring is 3. The van der Waals surface area contributed by atoms with Gasteiger partial charge in [0.05, 0.1) is 86.5 Å². The first-order chi connectivity index (χ1) is 46.4. The van der Waals surface area contributed by atoms with Gasteiger partial charge in [-0.3, -0.25) is 15.0 Å². The van der Waals surface area contributed by atoms with Gasteiger partial charge in [-0.15, -0.1) is 0 Å². The number of rotatable bonds is 9. The standard InChI is InChI=1S/3C22H14F2N8/c3*1-11(32-22-19(18(7-25)31-32)21(26)28-10-29-22)20-16(13-5-15(24)9-27-8-13)6-12-4-14(23)2-3-17(12)30-20/h3*2-6,8-11H,1H3,(H2,26,28,29)/t2*11-;/m10./s1. The van der Waals surface area contributed by atoms with Crippen molar-refractivity contribution in [3.05, 3.63) is 216 Å². The molecule has 30 heteroatoms. The van der Waals surface area contributed by atoms with Gasteiger partial charge in [-0.2, -0.15) is 31.1 Å². The molecule has 24 nitrogen and oxygen atoms in total. The van der Waals surface area contributed by atoms with Crippen LogP contribution in [0, 0.1) is 68.9 Å². The minimum Gasteiger partial charge on any atom is -0.383 e. The first-order valence-electron chi connectivity index (χ1n) is 28.7. The highest BCUT2D eigenvalue weighted by molar-refractivity contribution is 5.93. The van der Waals surface area contributed by atoms with Crippen molar-refractivity contribution in [2.45, 2.75) is 38.9 Å². The van der Waals surface area contributed by atoms with Gasteiger partial charge in [-0.25, -0.2) is 85.2 Å². The Hall–Kier alpha value is -13.6. The number of halogens is 6. The highest BCUT2D eigenvalue weighted by Gasteiger charge is 2.28. The van der Waals surface area contributed by atoms with Crippen LogP contribution < -0.4 is 17.2 Å². The van der Waals surface area contributed by atoms with Crippen LogP contribution >= 0.6 is 0 Å². The summed E-state index contributed by atoms with van der Waals surface area (Å²) in [6.45, 7) is 5.46. The third-order valence-electron chi connectivity index (χ3n) is 15.6. The highest BCUT2D eigenvalue weighted by atomic mass is 19.1. The monoisotopic (exact) mass is 1280 g/mol. The predicted octanol–water partition coefficient (Wildman–Crippen LogP) is 11.3. The van der Waals surface area contributed by atoms with E-state index in [0.717, 1.165) is 18.6 Å². The van der Waals surface area contributed by atoms with E-state index in [1.54, 1.807) is 36.4 Å². The minimum absolute atomic E-state index is 0.0850. The molecular weight excluding hydrogens is 1240 g/mol. The molecule has 3 aromatic carbocycles. The zero-order valence-electron chi connectivity index (χ0n) is 50.0. The normalized spacial score (nSPS) is 12.2. The van der Waals surface area contributed by atoms with Gasteiger partial charge in [0.2, 0.25) is 0 Å². The average Bonchev–Trinajstić information content (AvgIpc) is 1.48. The van der Waals surface area contributed by atoms with Crippen LogP contribution in [0.25, 0.3) is 99.2 Å². The third kappa shape index (κ3) is 11.4. The topological polar surface area (TPSA) is 358 Å². The lowest BCUT2D eigenvalue weighted by molar-refractivity contribution is 0.566. The number of pyridine rings is 6. The maximum absolute atomic E-state index is 14.0. The summed E-state index contributed by atoms with van der Waals surface area (Å²) in [7, 11) is 0. The Bertz CT molecular complexity index is 5220. The summed E-state index contributed by atoms with van der Waals surface area (Å²) in [5.41, 5.74) is 25.5. The van der Waals surface area contributed by atoms with Crippen molar-refractivity contribution in [1.29, 1.82) is 15.8 Å². The van der Waals surface area contributed by atoms with Gasteiger partial charge in [0, 0.05) is 68.1 Å². The fourth-order valence-corrected chi connectivity index (χ4v) is 11.2. The van der Waals surface area contributed by atoms with Gasteiger partial charge < -0.3 is 17.2 Å². The number of aromatic nitrogens is 18. The lowest BCUT2D eigenvalue weighted by atomic mass is 9.99. The van der Waals surface area contributed by atoms with Gasteiger partial charge >= 0.3 is 0 Å². The van der Waals surface area contributed by atoms with Crippen molar-refractivity contribution in [2.24, 2.45) is 0 Å². The lowest BCUT2D eigenvalue weighted by Gasteiger charge is -2.18. The molecule has 0 saturated carbocycles. The number of benzene rings is 3. The molecule has 0 aliphatic carbocycles. The van der Waals surface area contributed by atoms with Crippen molar-refractivity contribution < 1.29 is 26.3 Å². The number of hydrogen-bond donors (Lipinski definition) is 3. The molecule has 468 valence electrons. The van der Waals surface area contributed by atoms with Crippen molar-refractivity contribution >= 4 is 83.3 Å². The smallest absolute Gasteiger partial charge is 0.175 e. The Labute approximate surface area is 536 Å². The summed E-state index contributed by atoms with van der Waals surface area (Å²) in [6, 6.07) is 26.3. The maximum Gasteiger partial charge on any atom is 0.175 e. The SMILES string of the molecule is CC(c1nc2ccc(F)cc2cc1-c1cncc(F)c1)n1nc(C#N)c2c(N)ncnc21.C[C@@H](c1nc2ccc(F)cc2cc1-c1cncc(F)c1)n1nc(C#N)c2c(N)ncnc21.C[C@H](c1nc2ccc(F)cc2cc1-c1cncc(F)c1)n1nc(C#N)c2c(N)ncnc21. The summed E-state index contributed by atoms with van der Waals surface area (Å²) in [6.07, 6.45) is 11.7. The molecule has 0 amide bonds. The molecule has 3 atom stereocenters. The number of nitrogens with two attached hydrogens (primary N) is 3. The van der Waals surface area contributed by atoms with E-state index in [0.29, 0.717) is 116 Å².